The molecule has 1 aliphatic rings. The van der Waals surface area contributed by atoms with Crippen LogP contribution in [0.3, 0.4) is 0 Å². The summed E-state index contributed by atoms with van der Waals surface area (Å²) in [4.78, 5) is 38.8. The summed E-state index contributed by atoms with van der Waals surface area (Å²) in [5, 5.41) is 19.0. The summed E-state index contributed by atoms with van der Waals surface area (Å²) in [6, 6.07) is 13.7. The van der Waals surface area contributed by atoms with Crippen molar-refractivity contribution in [1.29, 1.82) is 0 Å². The number of ether oxygens (including phenoxy) is 1. The number of amides is 1. The molecule has 0 aliphatic carbocycles. The Hall–Kier alpha value is -3.65. The second kappa shape index (κ2) is 9.44. The van der Waals surface area contributed by atoms with Crippen LogP contribution in [0.2, 0.25) is 0 Å². The smallest absolute Gasteiger partial charge is 0.324 e. The van der Waals surface area contributed by atoms with Gasteiger partial charge in [0.05, 0.1) is 13.2 Å². The van der Waals surface area contributed by atoms with Gasteiger partial charge in [-0.2, -0.15) is 0 Å². The summed E-state index contributed by atoms with van der Waals surface area (Å²) >= 11 is 0. The van der Waals surface area contributed by atoms with Crippen molar-refractivity contribution in [3.8, 4) is 5.75 Å². The fourth-order valence-electron chi connectivity index (χ4n) is 3.74. The Bertz CT molecular complexity index is 973. The Balaban J connectivity index is 1.90. The lowest BCUT2D eigenvalue weighted by atomic mass is 9.86. The average molecular weight is 424 g/mol. The summed E-state index contributed by atoms with van der Waals surface area (Å²) < 4.78 is 5.16. The summed E-state index contributed by atoms with van der Waals surface area (Å²) in [6.07, 6.45) is 3.21. The van der Waals surface area contributed by atoms with Crippen LogP contribution in [0.25, 0.3) is 6.08 Å². The molecule has 2 N–H and O–H groups in total. The first-order valence-corrected chi connectivity index (χ1v) is 9.67. The van der Waals surface area contributed by atoms with E-state index in [0.717, 1.165) is 5.56 Å². The maximum absolute atomic E-state index is 12.8. The lowest BCUT2D eigenvalue weighted by Gasteiger charge is -2.51. The van der Waals surface area contributed by atoms with E-state index in [9.17, 15) is 24.6 Å². The van der Waals surface area contributed by atoms with E-state index in [1.165, 1.54) is 23.0 Å². The van der Waals surface area contributed by atoms with E-state index in [0.29, 0.717) is 11.3 Å². The van der Waals surface area contributed by atoms with E-state index in [1.807, 2.05) is 30.3 Å². The molecule has 3 rings (SSSR count). The SMILES string of the molecule is COc1ccc([C@@H]2[C@H](N(C)C(/C=C/c3ccccc3)C(=O)O)C(=O)N2CC(=O)O)cc1. The van der Waals surface area contributed by atoms with Crippen molar-refractivity contribution in [2.75, 3.05) is 20.7 Å². The average Bonchev–Trinajstić information content (AvgIpc) is 2.76. The summed E-state index contributed by atoms with van der Waals surface area (Å²) in [5.41, 5.74) is 1.54. The van der Waals surface area contributed by atoms with Crippen molar-refractivity contribution in [2.24, 2.45) is 0 Å². The van der Waals surface area contributed by atoms with Gasteiger partial charge in [-0.25, -0.2) is 0 Å². The van der Waals surface area contributed by atoms with E-state index in [-0.39, 0.29) is 0 Å². The first-order valence-electron chi connectivity index (χ1n) is 9.67. The third-order valence-corrected chi connectivity index (χ3v) is 5.33. The maximum atomic E-state index is 12.8. The Morgan fingerprint density at radius 2 is 1.77 bits per heavy atom. The van der Waals surface area contributed by atoms with Gasteiger partial charge in [0, 0.05) is 0 Å². The molecule has 8 nitrogen and oxygen atoms in total. The standard InChI is InChI=1S/C23H24N2O6/c1-24(18(23(29)30)13-8-15-6-4-3-5-7-15)21-20(25(22(21)28)14-19(26)27)16-9-11-17(31-2)12-10-16/h3-13,18,20-21H,14H2,1-2H3,(H,26,27)(H,29,30)/b13-8+/t18?,20-,21+/m1/s1. The number of hydrogen-bond acceptors (Lipinski definition) is 5. The second-order valence-electron chi connectivity index (χ2n) is 7.24. The Morgan fingerprint density at radius 1 is 1.13 bits per heavy atom. The van der Waals surface area contributed by atoms with Crippen LogP contribution in [0.4, 0.5) is 0 Å². The predicted octanol–water partition coefficient (Wildman–Crippen LogP) is 2.13. The highest BCUT2D eigenvalue weighted by Crippen LogP contribution is 2.39. The van der Waals surface area contributed by atoms with Gasteiger partial charge in [-0.1, -0.05) is 54.6 Å². The monoisotopic (exact) mass is 424 g/mol. The van der Waals surface area contributed by atoms with Crippen LogP contribution in [-0.4, -0.2) is 70.6 Å². The molecule has 0 saturated carbocycles. The number of carboxylic acids is 2. The fraction of sp³-hybridized carbons (Fsp3) is 0.261. The molecular weight excluding hydrogens is 400 g/mol. The molecule has 2 aromatic carbocycles. The quantitative estimate of drug-likeness (QED) is 0.594. The van der Waals surface area contributed by atoms with E-state index < -0.39 is 42.5 Å². The minimum atomic E-state index is -1.13. The number of carbonyl (C=O) groups excluding carboxylic acids is 1. The Morgan fingerprint density at radius 3 is 2.32 bits per heavy atom. The van der Waals surface area contributed by atoms with Gasteiger partial charge in [-0.15, -0.1) is 0 Å². The van der Waals surface area contributed by atoms with Gasteiger partial charge in [0.2, 0.25) is 5.91 Å². The molecule has 31 heavy (non-hydrogen) atoms. The number of rotatable bonds is 9. The molecule has 0 spiro atoms. The molecule has 3 atom stereocenters. The minimum Gasteiger partial charge on any atom is -0.497 e. The molecule has 162 valence electrons. The van der Waals surface area contributed by atoms with E-state index in [2.05, 4.69) is 0 Å². The van der Waals surface area contributed by atoms with E-state index in [1.54, 1.807) is 37.4 Å². The van der Waals surface area contributed by atoms with Gasteiger partial charge in [-0.05, 0) is 30.3 Å². The van der Waals surface area contributed by atoms with Crippen molar-refractivity contribution in [3.63, 3.8) is 0 Å². The molecule has 1 aliphatic heterocycles. The molecule has 2 aromatic rings. The molecule has 1 unspecified atom stereocenters. The van der Waals surface area contributed by atoms with Gasteiger partial charge in [0.1, 0.15) is 24.4 Å². The largest absolute Gasteiger partial charge is 0.497 e. The topological polar surface area (TPSA) is 107 Å². The predicted molar refractivity (Wildman–Crippen MR) is 114 cm³/mol. The molecule has 8 heteroatoms. The van der Waals surface area contributed by atoms with E-state index >= 15 is 0 Å². The molecule has 0 radical (unpaired) electrons. The van der Waals surface area contributed by atoms with E-state index in [4.69, 9.17) is 4.74 Å². The molecule has 1 saturated heterocycles. The van der Waals surface area contributed by atoms with Gasteiger partial charge < -0.3 is 19.8 Å². The van der Waals surface area contributed by atoms with Crippen LogP contribution < -0.4 is 4.74 Å². The zero-order valence-corrected chi connectivity index (χ0v) is 17.2. The summed E-state index contributed by atoms with van der Waals surface area (Å²) in [5.74, 6) is -2.04. The lowest BCUT2D eigenvalue weighted by molar-refractivity contribution is -0.168. The normalized spacial score (nSPS) is 19.3. The van der Waals surface area contributed by atoms with Crippen LogP contribution in [0.1, 0.15) is 17.2 Å². The van der Waals surface area contributed by atoms with Gasteiger partial charge >= 0.3 is 11.9 Å². The molecule has 0 aromatic heterocycles. The zero-order valence-electron chi connectivity index (χ0n) is 17.2. The molecule has 0 bridgehead atoms. The summed E-state index contributed by atoms with van der Waals surface area (Å²) in [6.45, 7) is -0.461. The number of likely N-dealkylation sites (tertiary alicyclic amines) is 1. The Kier molecular flexibility index (Phi) is 6.71. The van der Waals surface area contributed by atoms with Gasteiger partial charge in [0.15, 0.2) is 0 Å². The Labute approximate surface area is 180 Å². The first-order chi connectivity index (χ1) is 14.8. The third kappa shape index (κ3) is 4.75. The zero-order chi connectivity index (χ0) is 22.5. The number of β-lactam (4-membered cyclic amide) rings is 1. The van der Waals surface area contributed by atoms with Crippen molar-refractivity contribution in [2.45, 2.75) is 18.1 Å². The fourth-order valence-corrected chi connectivity index (χ4v) is 3.74. The molecule has 1 amide bonds. The van der Waals surface area contributed by atoms with Crippen LogP contribution in [0.5, 0.6) is 5.75 Å². The number of hydrogen-bond donors (Lipinski definition) is 2. The number of aliphatic carboxylic acids is 2. The van der Waals surface area contributed by atoms with Crippen molar-refractivity contribution >= 4 is 23.9 Å². The lowest BCUT2D eigenvalue weighted by Crippen LogP contribution is -2.67. The number of methoxy groups -OCH3 is 1. The number of benzene rings is 2. The molecule has 1 fully saturated rings. The van der Waals surface area contributed by atoms with Crippen LogP contribution in [0.15, 0.2) is 60.7 Å². The van der Waals surface area contributed by atoms with Gasteiger partial charge in [-0.3, -0.25) is 19.3 Å². The van der Waals surface area contributed by atoms with Crippen molar-refractivity contribution in [3.05, 3.63) is 71.8 Å². The third-order valence-electron chi connectivity index (χ3n) is 5.33. The highest BCUT2D eigenvalue weighted by Gasteiger charge is 2.52. The number of nitrogens with zero attached hydrogens (tertiary/aromatic N) is 2. The van der Waals surface area contributed by atoms with Crippen LogP contribution >= 0.6 is 0 Å². The van der Waals surface area contributed by atoms with Crippen molar-refractivity contribution < 1.29 is 29.3 Å². The number of likely N-dealkylation sites (N-methyl/N-ethyl adjacent to an activating group) is 1. The van der Waals surface area contributed by atoms with Crippen molar-refractivity contribution in [1.82, 2.24) is 9.80 Å². The van der Waals surface area contributed by atoms with Gasteiger partial charge in [0.25, 0.3) is 0 Å². The summed E-state index contributed by atoms with van der Waals surface area (Å²) in [7, 11) is 3.09. The number of carbonyl (C=O) groups is 3. The molecular formula is C23H24N2O6. The minimum absolute atomic E-state index is 0.426. The second-order valence-corrected chi connectivity index (χ2v) is 7.24. The van der Waals surface area contributed by atoms with Crippen LogP contribution in [0, 0.1) is 0 Å². The number of carboxylic acid groups (broad SMARTS) is 2. The first kappa shape index (κ1) is 22.0. The highest BCUT2D eigenvalue weighted by molar-refractivity contribution is 5.93. The highest BCUT2D eigenvalue weighted by atomic mass is 16.5. The van der Waals surface area contributed by atoms with Crippen LogP contribution in [-0.2, 0) is 14.4 Å². The molecule has 1 heterocycles. The maximum Gasteiger partial charge on any atom is 0.324 e.